The average Bonchev–Trinajstić information content (AvgIpc) is 3.17. The lowest BCUT2D eigenvalue weighted by atomic mass is 10.0. The van der Waals surface area contributed by atoms with Crippen molar-refractivity contribution in [3.05, 3.63) is 81.2 Å². The van der Waals surface area contributed by atoms with Crippen LogP contribution in [0, 0.1) is 13.8 Å². The molecule has 152 valence electrons. The smallest absolute Gasteiger partial charge is 0.263 e. The van der Waals surface area contributed by atoms with Crippen LogP contribution in [0.2, 0.25) is 0 Å². The number of nitrogens with one attached hydrogen (secondary N) is 1. The van der Waals surface area contributed by atoms with E-state index in [0.717, 1.165) is 28.8 Å². The minimum absolute atomic E-state index is 0.0813. The molecule has 1 N–H and O–H groups in total. The van der Waals surface area contributed by atoms with Crippen molar-refractivity contribution in [1.82, 2.24) is 9.55 Å². The third-order valence-corrected chi connectivity index (χ3v) is 6.25. The lowest BCUT2D eigenvalue weighted by molar-refractivity contribution is -0.116. The first-order chi connectivity index (χ1) is 14.5. The number of nitrogens with zero attached hydrogens (tertiary/aromatic N) is 2. The largest absolute Gasteiger partial charge is 0.324 e. The van der Waals surface area contributed by atoms with Gasteiger partial charge in [0.05, 0.1) is 11.7 Å². The van der Waals surface area contributed by atoms with Crippen LogP contribution in [0.4, 0.5) is 5.69 Å². The zero-order chi connectivity index (χ0) is 21.3. The van der Waals surface area contributed by atoms with Gasteiger partial charge in [0.1, 0.15) is 11.4 Å². The molecule has 6 heteroatoms. The summed E-state index contributed by atoms with van der Waals surface area (Å²) in [5.41, 5.74) is 5.86. The highest BCUT2D eigenvalue weighted by atomic mass is 32.1. The van der Waals surface area contributed by atoms with Gasteiger partial charge in [0.2, 0.25) is 5.91 Å². The van der Waals surface area contributed by atoms with E-state index < -0.39 is 0 Å². The van der Waals surface area contributed by atoms with E-state index in [1.807, 2.05) is 42.6 Å². The Morgan fingerprint density at radius 2 is 1.93 bits per heavy atom. The Morgan fingerprint density at radius 3 is 2.70 bits per heavy atom. The number of aromatic nitrogens is 2. The summed E-state index contributed by atoms with van der Waals surface area (Å²) in [6.07, 6.45) is 2.27. The van der Waals surface area contributed by atoms with E-state index in [4.69, 9.17) is 0 Å². The van der Waals surface area contributed by atoms with Gasteiger partial charge in [-0.2, -0.15) is 0 Å². The van der Waals surface area contributed by atoms with Gasteiger partial charge in [-0.15, -0.1) is 11.3 Å². The lowest BCUT2D eigenvalue weighted by Crippen LogP contribution is -2.28. The molecule has 0 aliphatic heterocycles. The fraction of sp³-hybridized carbons (Fsp3) is 0.208. The highest BCUT2D eigenvalue weighted by Crippen LogP contribution is 2.31. The molecule has 0 unspecified atom stereocenters. The number of benzene rings is 2. The third-order valence-electron chi connectivity index (χ3n) is 5.36. The number of thiophene rings is 1. The second kappa shape index (κ2) is 8.24. The predicted molar refractivity (Wildman–Crippen MR) is 123 cm³/mol. The minimum Gasteiger partial charge on any atom is -0.324 e. The van der Waals surface area contributed by atoms with Crippen molar-refractivity contribution in [1.29, 1.82) is 0 Å². The summed E-state index contributed by atoms with van der Waals surface area (Å²) < 4.78 is 1.38. The van der Waals surface area contributed by atoms with E-state index in [1.165, 1.54) is 33.4 Å². The number of aryl methyl sites for hydroxylation is 3. The van der Waals surface area contributed by atoms with E-state index in [0.29, 0.717) is 10.2 Å². The lowest BCUT2D eigenvalue weighted by Gasteiger charge is -2.11. The van der Waals surface area contributed by atoms with Crippen molar-refractivity contribution >= 4 is 33.1 Å². The van der Waals surface area contributed by atoms with Crippen molar-refractivity contribution in [3.8, 4) is 11.1 Å². The molecular formula is C24H23N3O2S. The van der Waals surface area contributed by atoms with E-state index in [2.05, 4.69) is 36.3 Å². The molecule has 30 heavy (non-hydrogen) atoms. The Hall–Kier alpha value is -3.25. The molecule has 0 saturated heterocycles. The molecule has 5 nitrogen and oxygen atoms in total. The van der Waals surface area contributed by atoms with Crippen LogP contribution in [0.5, 0.6) is 0 Å². The van der Waals surface area contributed by atoms with Gasteiger partial charge in [0.25, 0.3) is 5.56 Å². The quantitative estimate of drug-likeness (QED) is 0.500. The molecule has 0 spiro atoms. The number of para-hydroxylation sites is 1. The summed E-state index contributed by atoms with van der Waals surface area (Å²) in [5, 5.41) is 5.44. The Balaban J connectivity index is 1.67. The standard InChI is InChI=1S/C24H23N3O2S/c1-4-17-7-5-6-8-20(17)26-21(28)12-27-14-25-23-22(24(27)29)19(13-30-23)18-10-9-15(2)16(3)11-18/h5-11,13-14H,4,12H2,1-3H3,(H,26,28). The first-order valence-electron chi connectivity index (χ1n) is 9.90. The summed E-state index contributed by atoms with van der Waals surface area (Å²) in [6, 6.07) is 13.9. The highest BCUT2D eigenvalue weighted by molar-refractivity contribution is 7.17. The van der Waals surface area contributed by atoms with Crippen LogP contribution in [-0.4, -0.2) is 15.5 Å². The molecule has 0 fully saturated rings. The number of carbonyl (C=O) groups excluding carboxylic acids is 1. The molecule has 1 amide bonds. The number of anilines is 1. The molecule has 0 aliphatic carbocycles. The normalized spacial score (nSPS) is 11.0. The minimum atomic E-state index is -0.248. The zero-order valence-electron chi connectivity index (χ0n) is 17.2. The Labute approximate surface area is 179 Å². The number of hydrogen-bond donors (Lipinski definition) is 1. The molecule has 4 rings (SSSR count). The first kappa shape index (κ1) is 20.0. The SMILES string of the molecule is CCc1ccccc1NC(=O)Cn1cnc2scc(-c3ccc(C)c(C)c3)c2c1=O. The van der Waals surface area contributed by atoms with Crippen molar-refractivity contribution in [2.24, 2.45) is 0 Å². The van der Waals surface area contributed by atoms with Crippen LogP contribution in [0.25, 0.3) is 21.3 Å². The number of rotatable bonds is 5. The van der Waals surface area contributed by atoms with E-state index in [9.17, 15) is 9.59 Å². The summed E-state index contributed by atoms with van der Waals surface area (Å²) >= 11 is 1.44. The van der Waals surface area contributed by atoms with Crippen molar-refractivity contribution in [2.75, 3.05) is 5.32 Å². The number of amides is 1. The molecule has 0 saturated carbocycles. The number of hydrogen-bond acceptors (Lipinski definition) is 4. The molecule has 2 heterocycles. The van der Waals surface area contributed by atoms with Gasteiger partial charge in [-0.25, -0.2) is 4.98 Å². The summed E-state index contributed by atoms with van der Waals surface area (Å²) in [4.78, 5) is 30.9. The van der Waals surface area contributed by atoms with Crippen LogP contribution < -0.4 is 10.9 Å². The molecule has 4 aromatic rings. The molecule has 0 radical (unpaired) electrons. The molecule has 0 aliphatic rings. The van der Waals surface area contributed by atoms with Gasteiger partial charge in [-0.05, 0) is 48.6 Å². The number of carbonyl (C=O) groups is 1. The van der Waals surface area contributed by atoms with Crippen LogP contribution in [-0.2, 0) is 17.8 Å². The molecule has 0 bridgehead atoms. The Morgan fingerprint density at radius 1 is 1.13 bits per heavy atom. The molecule has 0 atom stereocenters. The van der Waals surface area contributed by atoms with Crippen LogP contribution >= 0.6 is 11.3 Å². The fourth-order valence-electron chi connectivity index (χ4n) is 3.50. The third kappa shape index (κ3) is 3.78. The maximum atomic E-state index is 13.2. The van der Waals surface area contributed by atoms with Crippen LogP contribution in [0.3, 0.4) is 0 Å². The van der Waals surface area contributed by atoms with E-state index in [1.54, 1.807) is 0 Å². The van der Waals surface area contributed by atoms with Gasteiger partial charge >= 0.3 is 0 Å². The average molecular weight is 418 g/mol. The van der Waals surface area contributed by atoms with Crippen molar-refractivity contribution in [2.45, 2.75) is 33.7 Å². The van der Waals surface area contributed by atoms with Crippen molar-refractivity contribution in [3.63, 3.8) is 0 Å². The fourth-order valence-corrected chi connectivity index (χ4v) is 4.40. The topological polar surface area (TPSA) is 64.0 Å². The molecule has 2 aromatic heterocycles. The van der Waals surface area contributed by atoms with E-state index in [-0.39, 0.29) is 18.0 Å². The van der Waals surface area contributed by atoms with Gasteiger partial charge in [0, 0.05) is 16.6 Å². The maximum absolute atomic E-state index is 13.2. The zero-order valence-corrected chi connectivity index (χ0v) is 18.0. The van der Waals surface area contributed by atoms with Gasteiger partial charge < -0.3 is 5.32 Å². The number of fused-ring (bicyclic) bond motifs is 1. The summed E-state index contributed by atoms with van der Waals surface area (Å²) in [6.45, 7) is 6.08. The van der Waals surface area contributed by atoms with Crippen LogP contribution in [0.15, 0.2) is 59.0 Å². The van der Waals surface area contributed by atoms with E-state index >= 15 is 0 Å². The monoisotopic (exact) mass is 417 g/mol. The Bertz CT molecular complexity index is 1300. The van der Waals surface area contributed by atoms with Gasteiger partial charge in [-0.1, -0.05) is 43.3 Å². The van der Waals surface area contributed by atoms with Crippen molar-refractivity contribution < 1.29 is 4.79 Å². The Kier molecular flexibility index (Phi) is 5.50. The summed E-state index contributed by atoms with van der Waals surface area (Å²) in [5.74, 6) is -0.248. The van der Waals surface area contributed by atoms with Gasteiger partial charge in [-0.3, -0.25) is 14.2 Å². The molecule has 2 aromatic carbocycles. The second-order valence-corrected chi connectivity index (χ2v) is 8.22. The first-order valence-corrected chi connectivity index (χ1v) is 10.8. The molecular weight excluding hydrogens is 394 g/mol. The predicted octanol–water partition coefficient (Wildman–Crippen LogP) is 4.94. The summed E-state index contributed by atoms with van der Waals surface area (Å²) in [7, 11) is 0. The second-order valence-electron chi connectivity index (χ2n) is 7.37. The highest BCUT2D eigenvalue weighted by Gasteiger charge is 2.15. The van der Waals surface area contributed by atoms with Gasteiger partial charge in [0.15, 0.2) is 0 Å². The van der Waals surface area contributed by atoms with Crippen LogP contribution in [0.1, 0.15) is 23.6 Å². The maximum Gasteiger partial charge on any atom is 0.263 e.